The van der Waals surface area contributed by atoms with E-state index in [0.29, 0.717) is 5.82 Å². The summed E-state index contributed by atoms with van der Waals surface area (Å²) in [5.41, 5.74) is 2.44. The summed E-state index contributed by atoms with van der Waals surface area (Å²) in [7, 11) is 3.82. The molecular weight excluding hydrogens is 340 g/mol. The third-order valence-corrected chi connectivity index (χ3v) is 3.54. The Kier molecular flexibility index (Phi) is 5.21. The molecule has 0 fully saturated rings. The summed E-state index contributed by atoms with van der Waals surface area (Å²) < 4.78 is 28.8. The number of nitrogens with one attached hydrogen (secondary N) is 1. The van der Waals surface area contributed by atoms with Gasteiger partial charge >= 0.3 is 6.61 Å². The minimum atomic E-state index is -2.84. The molecule has 1 N–H and O–H groups in total. The summed E-state index contributed by atoms with van der Waals surface area (Å²) in [6.07, 6.45) is 3.31. The first-order chi connectivity index (χ1) is 12.5. The number of anilines is 3. The van der Waals surface area contributed by atoms with E-state index in [4.69, 9.17) is 0 Å². The average molecular weight is 357 g/mol. The Balaban J connectivity index is 1.79. The lowest BCUT2D eigenvalue weighted by Gasteiger charge is -2.13. The summed E-state index contributed by atoms with van der Waals surface area (Å²) in [6, 6.07) is 11.9. The van der Waals surface area contributed by atoms with Gasteiger partial charge in [0.25, 0.3) is 0 Å². The number of nitrogens with zero attached hydrogens (tertiary/aromatic N) is 4. The third-order valence-electron chi connectivity index (χ3n) is 3.54. The Morgan fingerprint density at radius 1 is 1.04 bits per heavy atom. The minimum absolute atomic E-state index is 0.108. The van der Waals surface area contributed by atoms with Gasteiger partial charge in [-0.15, -0.1) is 5.10 Å². The van der Waals surface area contributed by atoms with Gasteiger partial charge in [-0.3, -0.25) is 0 Å². The quantitative estimate of drug-likeness (QED) is 0.721. The van der Waals surface area contributed by atoms with Crippen LogP contribution in [-0.4, -0.2) is 35.9 Å². The summed E-state index contributed by atoms with van der Waals surface area (Å²) in [5, 5.41) is 11.3. The fraction of sp³-hybridized carbons (Fsp3) is 0.167. The molecule has 0 saturated heterocycles. The first-order valence-corrected chi connectivity index (χ1v) is 7.79. The molecule has 0 aliphatic heterocycles. The molecule has 0 bridgehead atoms. The number of hydrogen-bond donors (Lipinski definition) is 1. The van der Waals surface area contributed by atoms with Crippen molar-refractivity contribution in [2.45, 2.75) is 6.61 Å². The highest BCUT2D eigenvalue weighted by Crippen LogP contribution is 2.25. The molecule has 0 aliphatic carbocycles. The Hall–Kier alpha value is -3.29. The van der Waals surface area contributed by atoms with Crippen LogP contribution in [-0.2, 0) is 0 Å². The molecule has 0 spiro atoms. The fourth-order valence-electron chi connectivity index (χ4n) is 2.30. The summed E-state index contributed by atoms with van der Waals surface area (Å²) in [5.74, 6) is 1.48. The van der Waals surface area contributed by atoms with Crippen molar-refractivity contribution >= 4 is 17.3 Å². The van der Waals surface area contributed by atoms with E-state index in [0.717, 1.165) is 22.6 Å². The lowest BCUT2D eigenvalue weighted by Crippen LogP contribution is -2.10. The number of alkyl halides is 2. The minimum Gasteiger partial charge on any atom is -0.435 e. The predicted octanol–water partition coefficient (Wildman–Crippen LogP) is 3.95. The number of aromatic nitrogens is 3. The van der Waals surface area contributed by atoms with E-state index in [1.807, 2.05) is 37.2 Å². The van der Waals surface area contributed by atoms with E-state index < -0.39 is 6.61 Å². The van der Waals surface area contributed by atoms with Crippen LogP contribution in [0.3, 0.4) is 0 Å². The second-order valence-electron chi connectivity index (χ2n) is 5.65. The van der Waals surface area contributed by atoms with Crippen LogP contribution in [0.4, 0.5) is 26.1 Å². The number of halogens is 2. The van der Waals surface area contributed by atoms with Gasteiger partial charge in [0, 0.05) is 37.6 Å². The van der Waals surface area contributed by atoms with Gasteiger partial charge in [0.2, 0.25) is 0 Å². The normalized spacial score (nSPS) is 10.7. The van der Waals surface area contributed by atoms with Crippen molar-refractivity contribution in [2.24, 2.45) is 0 Å². The maximum absolute atomic E-state index is 12.2. The third kappa shape index (κ3) is 4.41. The Morgan fingerprint density at radius 3 is 2.50 bits per heavy atom. The molecule has 3 aromatic rings. The standard InChI is InChI=1S/C18H17F2N5O/c1-25(2)17-10-14(7-8-21-17)23-16-9-13(11-22-24-16)12-3-5-15(6-4-12)26-18(19)20/h3-11,18H,1-2H3,(H,21,23,24). The van der Waals surface area contributed by atoms with Crippen molar-refractivity contribution in [2.75, 3.05) is 24.3 Å². The van der Waals surface area contributed by atoms with Gasteiger partial charge < -0.3 is 15.0 Å². The average Bonchev–Trinajstić information content (AvgIpc) is 2.62. The molecule has 0 amide bonds. The SMILES string of the molecule is CN(C)c1cc(Nc2cc(-c3ccc(OC(F)F)cc3)cnn2)ccn1. The summed E-state index contributed by atoms with van der Waals surface area (Å²) in [6.45, 7) is -2.84. The highest BCUT2D eigenvalue weighted by atomic mass is 19.3. The molecule has 0 radical (unpaired) electrons. The van der Waals surface area contributed by atoms with Crippen LogP contribution in [0.25, 0.3) is 11.1 Å². The zero-order valence-corrected chi connectivity index (χ0v) is 14.2. The smallest absolute Gasteiger partial charge is 0.387 e. The highest BCUT2D eigenvalue weighted by molar-refractivity contribution is 5.68. The monoisotopic (exact) mass is 357 g/mol. The molecule has 2 aromatic heterocycles. The van der Waals surface area contributed by atoms with Gasteiger partial charge in [0.05, 0.1) is 6.20 Å². The summed E-state index contributed by atoms with van der Waals surface area (Å²) >= 11 is 0. The van der Waals surface area contributed by atoms with E-state index in [2.05, 4.69) is 25.2 Å². The van der Waals surface area contributed by atoms with Gasteiger partial charge in [0.15, 0.2) is 5.82 Å². The first kappa shape index (κ1) is 17.5. The van der Waals surface area contributed by atoms with Gasteiger partial charge in [-0.2, -0.15) is 13.9 Å². The van der Waals surface area contributed by atoms with Crippen LogP contribution in [0.5, 0.6) is 5.75 Å². The second-order valence-corrected chi connectivity index (χ2v) is 5.65. The molecule has 1 aromatic carbocycles. The van der Waals surface area contributed by atoms with Gasteiger partial charge in [-0.25, -0.2) is 4.98 Å². The number of ether oxygens (including phenoxy) is 1. The van der Waals surface area contributed by atoms with E-state index in [1.165, 1.54) is 12.1 Å². The number of rotatable bonds is 6. The molecular formula is C18H17F2N5O. The Labute approximate surface area is 149 Å². The molecule has 0 saturated carbocycles. The molecule has 0 unspecified atom stereocenters. The van der Waals surface area contributed by atoms with E-state index in [1.54, 1.807) is 24.5 Å². The lowest BCUT2D eigenvalue weighted by molar-refractivity contribution is -0.0498. The van der Waals surface area contributed by atoms with Crippen molar-refractivity contribution < 1.29 is 13.5 Å². The molecule has 2 heterocycles. The number of hydrogen-bond acceptors (Lipinski definition) is 6. The molecule has 3 rings (SSSR count). The fourth-order valence-corrected chi connectivity index (χ4v) is 2.30. The van der Waals surface area contributed by atoms with E-state index in [-0.39, 0.29) is 5.75 Å². The largest absolute Gasteiger partial charge is 0.435 e. The van der Waals surface area contributed by atoms with Crippen molar-refractivity contribution in [1.82, 2.24) is 15.2 Å². The molecule has 6 nitrogen and oxygen atoms in total. The van der Waals surface area contributed by atoms with Crippen molar-refractivity contribution in [1.29, 1.82) is 0 Å². The van der Waals surface area contributed by atoms with E-state index >= 15 is 0 Å². The number of benzene rings is 1. The molecule has 0 aliphatic rings. The van der Waals surface area contributed by atoms with Crippen LogP contribution < -0.4 is 15.0 Å². The number of pyridine rings is 1. The summed E-state index contributed by atoms with van der Waals surface area (Å²) in [4.78, 5) is 6.16. The molecule has 0 atom stereocenters. The second kappa shape index (κ2) is 7.73. The van der Waals surface area contributed by atoms with Crippen LogP contribution >= 0.6 is 0 Å². The highest BCUT2D eigenvalue weighted by Gasteiger charge is 2.07. The predicted molar refractivity (Wildman–Crippen MR) is 95.9 cm³/mol. The topological polar surface area (TPSA) is 63.2 Å². The molecule has 26 heavy (non-hydrogen) atoms. The van der Waals surface area contributed by atoms with Crippen molar-refractivity contribution in [3.63, 3.8) is 0 Å². The van der Waals surface area contributed by atoms with Crippen LogP contribution in [0.2, 0.25) is 0 Å². The zero-order chi connectivity index (χ0) is 18.5. The van der Waals surface area contributed by atoms with Crippen molar-refractivity contribution in [3.05, 3.63) is 54.9 Å². The Bertz CT molecular complexity index is 871. The van der Waals surface area contributed by atoms with Gasteiger partial charge in [0.1, 0.15) is 11.6 Å². The molecule has 8 heteroatoms. The maximum atomic E-state index is 12.2. The zero-order valence-electron chi connectivity index (χ0n) is 14.2. The van der Waals surface area contributed by atoms with Crippen LogP contribution in [0.1, 0.15) is 0 Å². The van der Waals surface area contributed by atoms with Crippen LogP contribution in [0.15, 0.2) is 54.9 Å². The van der Waals surface area contributed by atoms with Gasteiger partial charge in [-0.1, -0.05) is 12.1 Å². The van der Waals surface area contributed by atoms with Crippen molar-refractivity contribution in [3.8, 4) is 16.9 Å². The van der Waals surface area contributed by atoms with Gasteiger partial charge in [-0.05, 0) is 29.8 Å². The maximum Gasteiger partial charge on any atom is 0.387 e. The lowest BCUT2D eigenvalue weighted by atomic mass is 10.1. The first-order valence-electron chi connectivity index (χ1n) is 7.79. The van der Waals surface area contributed by atoms with Crippen LogP contribution in [0, 0.1) is 0 Å². The van der Waals surface area contributed by atoms with E-state index in [9.17, 15) is 8.78 Å². The molecule has 134 valence electrons. The Morgan fingerprint density at radius 2 is 1.81 bits per heavy atom.